The number of halogens is 3. The molecule has 0 unspecified atom stereocenters. The minimum absolute atomic E-state index is 0.0590. The monoisotopic (exact) mass is 592 g/mol. The van der Waals surface area contributed by atoms with Gasteiger partial charge in [-0.05, 0) is 36.4 Å². The Balaban J connectivity index is 1.58. The number of benzene rings is 2. The van der Waals surface area contributed by atoms with Crippen LogP contribution in [0.1, 0.15) is 27.7 Å². The van der Waals surface area contributed by atoms with Crippen molar-refractivity contribution < 1.29 is 9.13 Å². The molecule has 0 saturated carbocycles. The van der Waals surface area contributed by atoms with Gasteiger partial charge in [0.25, 0.3) is 0 Å². The Morgan fingerprint density at radius 1 is 1.12 bits per heavy atom. The van der Waals surface area contributed by atoms with Crippen molar-refractivity contribution in [3.05, 3.63) is 91.7 Å². The van der Waals surface area contributed by atoms with Crippen LogP contribution in [0.2, 0.25) is 10.0 Å². The van der Waals surface area contributed by atoms with Crippen LogP contribution in [0.3, 0.4) is 0 Å². The number of fused-ring (bicyclic) bond motifs is 1. The average molecular weight is 593 g/mol. The molecule has 5 rings (SSSR count). The number of thiophene rings is 1. The molecule has 0 aliphatic heterocycles. The SMILES string of the molecule is COCCn1cc([C@@H](Nc2cc(Cl)c3ncc(C#N)c(Nc4ccc(F)c(Cl)c4)c3c2)c2cc(C#N)cs2)nn1. The summed E-state index contributed by atoms with van der Waals surface area (Å²) >= 11 is 14.1. The number of aromatic nitrogens is 4. The predicted octanol–water partition coefficient (Wildman–Crippen LogP) is 6.67. The molecule has 0 saturated heterocycles. The second-order valence-electron chi connectivity index (χ2n) is 8.59. The Labute approximate surface area is 242 Å². The topological polar surface area (TPSA) is 124 Å². The maximum absolute atomic E-state index is 13.7. The van der Waals surface area contributed by atoms with Crippen LogP contribution in [0.5, 0.6) is 0 Å². The Bertz CT molecular complexity index is 1790. The highest BCUT2D eigenvalue weighted by atomic mass is 35.5. The van der Waals surface area contributed by atoms with Crippen LogP contribution >= 0.6 is 34.5 Å². The Hall–Kier alpha value is -4.26. The van der Waals surface area contributed by atoms with Gasteiger partial charge < -0.3 is 15.4 Å². The number of hydrogen-bond acceptors (Lipinski definition) is 9. The molecule has 40 heavy (non-hydrogen) atoms. The molecule has 3 aromatic heterocycles. The number of anilines is 3. The zero-order valence-electron chi connectivity index (χ0n) is 20.8. The highest BCUT2D eigenvalue weighted by molar-refractivity contribution is 7.10. The summed E-state index contributed by atoms with van der Waals surface area (Å²) < 4.78 is 20.6. The van der Waals surface area contributed by atoms with Crippen molar-refractivity contribution in [3.8, 4) is 12.1 Å². The lowest BCUT2D eigenvalue weighted by Gasteiger charge is -2.19. The third-order valence-corrected chi connectivity index (χ3v) is 7.53. The third-order valence-electron chi connectivity index (χ3n) is 5.96. The number of nitrogens with zero attached hydrogens (tertiary/aromatic N) is 6. The lowest BCUT2D eigenvalue weighted by Crippen LogP contribution is -2.12. The maximum Gasteiger partial charge on any atom is 0.141 e. The molecule has 9 nitrogen and oxygen atoms in total. The third kappa shape index (κ3) is 5.69. The molecular formula is C27H19Cl2FN8OS. The Morgan fingerprint density at radius 3 is 2.67 bits per heavy atom. The van der Waals surface area contributed by atoms with Crippen LogP contribution in [0.15, 0.2) is 54.2 Å². The van der Waals surface area contributed by atoms with Crippen molar-refractivity contribution >= 4 is 62.5 Å². The van der Waals surface area contributed by atoms with Gasteiger partial charge in [0.15, 0.2) is 0 Å². The van der Waals surface area contributed by atoms with Crippen molar-refractivity contribution in [1.29, 1.82) is 10.5 Å². The first-order chi connectivity index (χ1) is 19.4. The summed E-state index contributed by atoms with van der Waals surface area (Å²) in [5, 5.41) is 37.0. The molecule has 0 bridgehead atoms. The molecule has 0 amide bonds. The van der Waals surface area contributed by atoms with Gasteiger partial charge in [-0.1, -0.05) is 28.4 Å². The van der Waals surface area contributed by atoms with Crippen molar-refractivity contribution in [2.45, 2.75) is 12.6 Å². The van der Waals surface area contributed by atoms with E-state index in [2.05, 4.69) is 38.1 Å². The lowest BCUT2D eigenvalue weighted by molar-refractivity contribution is 0.183. The number of hydrogen-bond donors (Lipinski definition) is 2. The fraction of sp³-hybridized carbons (Fsp3) is 0.148. The largest absolute Gasteiger partial charge is 0.383 e. The van der Waals surface area contributed by atoms with Gasteiger partial charge in [-0.2, -0.15) is 10.5 Å². The van der Waals surface area contributed by atoms with E-state index >= 15 is 0 Å². The number of rotatable bonds is 9. The number of methoxy groups -OCH3 is 1. The highest BCUT2D eigenvalue weighted by Gasteiger charge is 2.22. The number of nitriles is 2. The summed E-state index contributed by atoms with van der Waals surface area (Å²) in [4.78, 5) is 5.23. The van der Waals surface area contributed by atoms with Gasteiger partial charge in [-0.3, -0.25) is 4.98 Å². The van der Waals surface area contributed by atoms with E-state index in [0.29, 0.717) is 57.4 Å². The molecule has 1 atom stereocenters. The minimum atomic E-state index is -0.555. The van der Waals surface area contributed by atoms with Crippen LogP contribution < -0.4 is 10.6 Å². The molecule has 5 aromatic rings. The molecule has 0 spiro atoms. The molecule has 200 valence electrons. The van der Waals surface area contributed by atoms with E-state index in [0.717, 1.165) is 4.88 Å². The lowest BCUT2D eigenvalue weighted by atomic mass is 10.1. The van der Waals surface area contributed by atoms with Gasteiger partial charge in [0, 0.05) is 40.3 Å². The summed E-state index contributed by atoms with van der Waals surface area (Å²) in [6.45, 7) is 0.999. The van der Waals surface area contributed by atoms with Crippen LogP contribution in [-0.2, 0) is 11.3 Å². The molecule has 0 fully saturated rings. The van der Waals surface area contributed by atoms with E-state index in [1.807, 2.05) is 12.3 Å². The standard InChI is InChI=1S/C27H19Cl2FN8OS/c1-39-5-4-38-13-23(36-37-38)27(24-6-15(10-31)14-40-24)35-18-7-19-25(34-17-2-3-22(30)20(28)8-17)16(11-32)12-33-26(19)21(29)9-18/h2-3,6-9,12-14,27,35H,4-5H2,1H3,(H,33,34)/t27-/m1/s1. The second kappa shape index (κ2) is 11.9. The molecular weight excluding hydrogens is 574 g/mol. The first-order valence-electron chi connectivity index (χ1n) is 11.8. The maximum atomic E-state index is 13.7. The van der Waals surface area contributed by atoms with Crippen molar-refractivity contribution in [2.24, 2.45) is 0 Å². The van der Waals surface area contributed by atoms with E-state index in [9.17, 15) is 14.9 Å². The number of nitrogens with one attached hydrogen (secondary N) is 2. The predicted molar refractivity (Wildman–Crippen MR) is 153 cm³/mol. The van der Waals surface area contributed by atoms with Gasteiger partial charge in [0.2, 0.25) is 0 Å². The zero-order valence-corrected chi connectivity index (χ0v) is 23.1. The van der Waals surface area contributed by atoms with E-state index in [4.69, 9.17) is 27.9 Å². The van der Waals surface area contributed by atoms with E-state index < -0.39 is 11.9 Å². The highest BCUT2D eigenvalue weighted by Crippen LogP contribution is 2.37. The Kier molecular flexibility index (Phi) is 8.10. The van der Waals surface area contributed by atoms with Gasteiger partial charge in [0.05, 0.1) is 51.7 Å². The first kappa shape index (κ1) is 27.3. The molecule has 3 heterocycles. The summed E-state index contributed by atoms with van der Waals surface area (Å²) in [6.07, 6.45) is 3.23. The van der Waals surface area contributed by atoms with E-state index in [-0.39, 0.29) is 10.6 Å². The van der Waals surface area contributed by atoms with Crippen molar-refractivity contribution in [3.63, 3.8) is 0 Å². The van der Waals surface area contributed by atoms with Crippen molar-refractivity contribution in [1.82, 2.24) is 20.0 Å². The van der Waals surface area contributed by atoms with Gasteiger partial charge in [-0.15, -0.1) is 16.4 Å². The first-order valence-corrected chi connectivity index (χ1v) is 13.4. The fourth-order valence-electron chi connectivity index (χ4n) is 4.04. The summed E-state index contributed by atoms with van der Waals surface area (Å²) in [7, 11) is 1.61. The average Bonchev–Trinajstić information content (AvgIpc) is 3.63. The number of ether oxygens (including phenoxy) is 1. The summed E-state index contributed by atoms with van der Waals surface area (Å²) in [5.74, 6) is -0.555. The summed E-state index contributed by atoms with van der Waals surface area (Å²) in [6, 6.07) is 13.3. The Morgan fingerprint density at radius 2 is 1.95 bits per heavy atom. The van der Waals surface area contributed by atoms with Gasteiger partial charge >= 0.3 is 0 Å². The molecule has 13 heteroatoms. The minimum Gasteiger partial charge on any atom is -0.383 e. The van der Waals surface area contributed by atoms with Crippen LogP contribution in [0.25, 0.3) is 10.9 Å². The van der Waals surface area contributed by atoms with Crippen LogP contribution in [-0.4, -0.2) is 33.7 Å². The fourth-order valence-corrected chi connectivity index (χ4v) is 5.38. The quantitative estimate of drug-likeness (QED) is 0.194. The number of pyridine rings is 1. The normalized spacial score (nSPS) is 11.7. The zero-order chi connectivity index (χ0) is 28.2. The van der Waals surface area contributed by atoms with Crippen LogP contribution in [0.4, 0.5) is 21.5 Å². The molecule has 0 aliphatic carbocycles. The van der Waals surface area contributed by atoms with Crippen molar-refractivity contribution in [2.75, 3.05) is 24.4 Å². The van der Waals surface area contributed by atoms with E-state index in [1.165, 1.54) is 35.7 Å². The van der Waals surface area contributed by atoms with Crippen LogP contribution in [0, 0.1) is 28.5 Å². The molecule has 2 aromatic carbocycles. The van der Waals surface area contributed by atoms with E-state index in [1.54, 1.807) is 29.3 Å². The van der Waals surface area contributed by atoms with Gasteiger partial charge in [0.1, 0.15) is 29.7 Å². The molecule has 0 aliphatic rings. The summed E-state index contributed by atoms with van der Waals surface area (Å²) in [5.41, 5.74) is 3.41. The van der Waals surface area contributed by atoms with Gasteiger partial charge in [-0.25, -0.2) is 9.07 Å². The second-order valence-corrected chi connectivity index (χ2v) is 10.4. The molecule has 0 radical (unpaired) electrons. The molecule has 2 N–H and O–H groups in total. The smallest absolute Gasteiger partial charge is 0.141 e.